The molecule has 6 heteroatoms. The normalized spacial score (nSPS) is 13.2. The highest BCUT2D eigenvalue weighted by Crippen LogP contribution is 2.14. The van der Waals surface area contributed by atoms with Crippen molar-refractivity contribution in [3.8, 4) is 0 Å². The number of carbonyl (C=O) groups excluding carboxylic acids is 1. The number of hydrogen-bond acceptors (Lipinski definition) is 3. The second-order valence-corrected chi connectivity index (χ2v) is 6.27. The molecule has 0 heterocycles. The van der Waals surface area contributed by atoms with E-state index in [1.807, 2.05) is 0 Å². The summed E-state index contributed by atoms with van der Waals surface area (Å²) in [7, 11) is -3.37. The number of sulfone groups is 1. The zero-order valence-corrected chi connectivity index (χ0v) is 10.5. The number of rotatable bonds is 3. The fraction of sp³-hybridized carbons (Fsp3) is 0.300. The van der Waals surface area contributed by atoms with Gasteiger partial charge >= 0.3 is 0 Å². The van der Waals surface area contributed by atoms with Gasteiger partial charge in [-0.3, -0.25) is 4.79 Å². The van der Waals surface area contributed by atoms with Crippen molar-refractivity contribution in [2.24, 2.45) is 0 Å². The van der Waals surface area contributed by atoms with Crippen LogP contribution in [0.15, 0.2) is 24.3 Å². The Morgan fingerprint density at radius 2 is 1.81 bits per heavy atom. The molecule has 1 atom stereocenters. The summed E-state index contributed by atoms with van der Waals surface area (Å²) >= 11 is 5.67. The molecule has 0 radical (unpaired) electrons. The van der Waals surface area contributed by atoms with E-state index in [1.54, 1.807) is 24.3 Å². The van der Waals surface area contributed by atoms with Crippen LogP contribution in [-0.2, 0) is 14.6 Å². The molecule has 1 amide bonds. The van der Waals surface area contributed by atoms with Crippen LogP contribution in [0.5, 0.6) is 0 Å². The molecule has 0 unspecified atom stereocenters. The molecule has 16 heavy (non-hydrogen) atoms. The molecular formula is C10H12ClNO3S. The van der Waals surface area contributed by atoms with Crippen molar-refractivity contribution in [3.05, 3.63) is 29.3 Å². The van der Waals surface area contributed by atoms with Gasteiger partial charge in [-0.25, -0.2) is 8.42 Å². The first-order valence-corrected chi connectivity index (χ1v) is 6.89. The summed E-state index contributed by atoms with van der Waals surface area (Å²) < 4.78 is 22.3. The van der Waals surface area contributed by atoms with Crippen LogP contribution in [0.1, 0.15) is 6.92 Å². The monoisotopic (exact) mass is 261 g/mol. The Labute approximate surface area is 99.5 Å². The van der Waals surface area contributed by atoms with Crippen LogP contribution in [0, 0.1) is 0 Å². The maximum Gasteiger partial charge on any atom is 0.242 e. The lowest BCUT2D eigenvalue weighted by atomic mass is 10.3. The third-order valence-corrected chi connectivity index (χ3v) is 3.87. The van der Waals surface area contributed by atoms with Gasteiger partial charge in [-0.1, -0.05) is 11.6 Å². The van der Waals surface area contributed by atoms with E-state index in [4.69, 9.17) is 11.6 Å². The van der Waals surface area contributed by atoms with Crippen LogP contribution in [-0.4, -0.2) is 25.8 Å². The van der Waals surface area contributed by atoms with Crippen LogP contribution in [0.3, 0.4) is 0 Å². The zero-order chi connectivity index (χ0) is 12.3. The molecule has 0 saturated heterocycles. The Morgan fingerprint density at radius 3 is 2.25 bits per heavy atom. The Bertz CT molecular complexity index is 481. The lowest BCUT2D eigenvalue weighted by Crippen LogP contribution is -2.31. The molecular weight excluding hydrogens is 250 g/mol. The van der Waals surface area contributed by atoms with E-state index < -0.39 is 21.0 Å². The summed E-state index contributed by atoms with van der Waals surface area (Å²) in [6, 6.07) is 6.44. The molecule has 0 aliphatic heterocycles. The van der Waals surface area contributed by atoms with Gasteiger partial charge < -0.3 is 5.32 Å². The fourth-order valence-corrected chi connectivity index (χ4v) is 1.55. The molecule has 0 bridgehead atoms. The number of amides is 1. The lowest BCUT2D eigenvalue weighted by Gasteiger charge is -2.10. The van der Waals surface area contributed by atoms with Crippen LogP contribution < -0.4 is 5.32 Å². The molecule has 88 valence electrons. The van der Waals surface area contributed by atoms with Gasteiger partial charge in [-0.2, -0.15) is 0 Å². The Hall–Kier alpha value is -1.07. The summed E-state index contributed by atoms with van der Waals surface area (Å²) in [6.45, 7) is 1.35. The van der Waals surface area contributed by atoms with Gasteiger partial charge in [0.1, 0.15) is 5.25 Å². The number of halogens is 1. The van der Waals surface area contributed by atoms with Crippen LogP contribution in [0.2, 0.25) is 5.02 Å². The minimum Gasteiger partial charge on any atom is -0.325 e. The highest BCUT2D eigenvalue weighted by atomic mass is 35.5. The van der Waals surface area contributed by atoms with E-state index in [-0.39, 0.29) is 0 Å². The number of hydrogen-bond donors (Lipinski definition) is 1. The summed E-state index contributed by atoms with van der Waals surface area (Å²) in [5, 5.41) is 1.98. The number of anilines is 1. The molecule has 4 nitrogen and oxygen atoms in total. The summed E-state index contributed by atoms with van der Waals surface area (Å²) in [4.78, 5) is 11.5. The SMILES string of the molecule is C[C@H](C(=O)Nc1ccc(Cl)cc1)S(C)(=O)=O. The largest absolute Gasteiger partial charge is 0.325 e. The fourth-order valence-electron chi connectivity index (χ4n) is 0.972. The zero-order valence-electron chi connectivity index (χ0n) is 8.90. The summed E-state index contributed by atoms with van der Waals surface area (Å²) in [5.74, 6) is -0.551. The standard InChI is InChI=1S/C10H12ClNO3S/c1-7(16(2,14)15)10(13)12-9-5-3-8(11)4-6-9/h3-7H,1-2H3,(H,12,13)/t7-/m1/s1. The highest BCUT2D eigenvalue weighted by Gasteiger charge is 2.23. The van der Waals surface area contributed by atoms with Crippen LogP contribution in [0.25, 0.3) is 0 Å². The molecule has 1 rings (SSSR count). The highest BCUT2D eigenvalue weighted by molar-refractivity contribution is 7.92. The van der Waals surface area contributed by atoms with E-state index in [1.165, 1.54) is 6.92 Å². The van der Waals surface area contributed by atoms with Crippen LogP contribution in [0.4, 0.5) is 5.69 Å². The first-order chi connectivity index (χ1) is 7.30. The lowest BCUT2D eigenvalue weighted by molar-refractivity contribution is -0.115. The first kappa shape index (κ1) is 13.0. The molecule has 0 aliphatic carbocycles. The van der Waals surface area contributed by atoms with Crippen molar-refractivity contribution in [1.29, 1.82) is 0 Å². The van der Waals surface area contributed by atoms with Crippen molar-refractivity contribution < 1.29 is 13.2 Å². The molecule has 0 spiro atoms. The topological polar surface area (TPSA) is 63.2 Å². The minimum atomic E-state index is -3.37. The average molecular weight is 262 g/mol. The van der Waals surface area contributed by atoms with Crippen molar-refractivity contribution in [2.75, 3.05) is 11.6 Å². The molecule has 1 N–H and O–H groups in total. The summed E-state index contributed by atoms with van der Waals surface area (Å²) in [6.07, 6.45) is 1.03. The minimum absolute atomic E-state index is 0.518. The molecule has 0 saturated carbocycles. The van der Waals surface area contributed by atoms with Crippen molar-refractivity contribution in [3.63, 3.8) is 0 Å². The first-order valence-electron chi connectivity index (χ1n) is 4.56. The van der Waals surface area contributed by atoms with Gasteiger partial charge in [0.25, 0.3) is 0 Å². The van der Waals surface area contributed by atoms with Crippen molar-refractivity contribution in [2.45, 2.75) is 12.2 Å². The summed E-state index contributed by atoms with van der Waals surface area (Å²) in [5.41, 5.74) is 0.518. The van der Waals surface area contributed by atoms with Gasteiger partial charge in [0.05, 0.1) is 0 Å². The third kappa shape index (κ3) is 3.50. The molecule has 0 aliphatic rings. The molecule has 0 aromatic heterocycles. The molecule has 0 fully saturated rings. The Morgan fingerprint density at radius 1 is 1.31 bits per heavy atom. The van der Waals surface area contributed by atoms with E-state index >= 15 is 0 Å². The third-order valence-electron chi connectivity index (χ3n) is 2.12. The Kier molecular flexibility index (Phi) is 3.93. The average Bonchev–Trinajstić information content (AvgIpc) is 2.19. The Balaban J connectivity index is 2.76. The van der Waals surface area contributed by atoms with E-state index in [0.29, 0.717) is 10.7 Å². The second-order valence-electron chi connectivity index (χ2n) is 3.47. The van der Waals surface area contributed by atoms with Gasteiger partial charge in [-0.15, -0.1) is 0 Å². The van der Waals surface area contributed by atoms with Crippen molar-refractivity contribution in [1.82, 2.24) is 0 Å². The van der Waals surface area contributed by atoms with Gasteiger partial charge in [0.15, 0.2) is 9.84 Å². The second kappa shape index (κ2) is 4.84. The maximum absolute atomic E-state index is 11.5. The number of carbonyl (C=O) groups is 1. The van der Waals surface area contributed by atoms with Gasteiger partial charge in [0, 0.05) is 17.0 Å². The van der Waals surface area contributed by atoms with Gasteiger partial charge in [-0.05, 0) is 31.2 Å². The van der Waals surface area contributed by atoms with Gasteiger partial charge in [0.2, 0.25) is 5.91 Å². The van der Waals surface area contributed by atoms with Crippen molar-refractivity contribution >= 4 is 33.0 Å². The van der Waals surface area contributed by atoms with E-state index in [9.17, 15) is 13.2 Å². The number of benzene rings is 1. The predicted molar refractivity (Wildman–Crippen MR) is 64.4 cm³/mol. The van der Waals surface area contributed by atoms with E-state index in [0.717, 1.165) is 6.26 Å². The molecule has 1 aromatic carbocycles. The number of nitrogens with one attached hydrogen (secondary N) is 1. The quantitative estimate of drug-likeness (QED) is 0.901. The smallest absolute Gasteiger partial charge is 0.242 e. The molecule has 1 aromatic rings. The van der Waals surface area contributed by atoms with Crippen LogP contribution >= 0.6 is 11.6 Å². The predicted octanol–water partition coefficient (Wildman–Crippen LogP) is 1.71. The maximum atomic E-state index is 11.5. The van der Waals surface area contributed by atoms with E-state index in [2.05, 4.69) is 5.32 Å².